The minimum Gasteiger partial charge on any atom is -0.466 e. The lowest BCUT2D eigenvalue weighted by Gasteiger charge is -2.33. The van der Waals surface area contributed by atoms with Gasteiger partial charge in [-0.25, -0.2) is 8.42 Å². The van der Waals surface area contributed by atoms with E-state index in [4.69, 9.17) is 15.9 Å². The number of piperidine rings is 1. The Balaban J connectivity index is 0.00000456. The molecule has 5 N–H and O–H groups in total. The van der Waals surface area contributed by atoms with Gasteiger partial charge in [-0.15, -0.1) is 12.4 Å². The third kappa shape index (κ3) is 7.81. The molecule has 0 radical (unpaired) electrons. The van der Waals surface area contributed by atoms with Gasteiger partial charge in [-0.2, -0.15) is 4.72 Å². The molecule has 0 aromatic heterocycles. The molecule has 0 spiro atoms. The summed E-state index contributed by atoms with van der Waals surface area (Å²) in [5.41, 5.74) is 5.32. The van der Waals surface area contributed by atoms with E-state index in [-0.39, 0.29) is 47.5 Å². The van der Waals surface area contributed by atoms with Crippen LogP contribution in [0, 0.1) is 11.3 Å². The number of benzene rings is 2. The van der Waals surface area contributed by atoms with E-state index in [9.17, 15) is 18.0 Å². The highest BCUT2D eigenvalue weighted by Gasteiger charge is 2.33. The van der Waals surface area contributed by atoms with Crippen molar-refractivity contribution in [2.75, 3.05) is 26.2 Å². The van der Waals surface area contributed by atoms with E-state index in [0.717, 1.165) is 10.8 Å². The average Bonchev–Trinajstić information content (AvgIpc) is 2.85. The highest BCUT2D eigenvalue weighted by molar-refractivity contribution is 7.89. The summed E-state index contributed by atoms with van der Waals surface area (Å²) >= 11 is 0. The van der Waals surface area contributed by atoms with Crippen molar-refractivity contribution in [2.24, 2.45) is 11.7 Å². The second kappa shape index (κ2) is 13.4. The van der Waals surface area contributed by atoms with Gasteiger partial charge in [-0.3, -0.25) is 15.0 Å². The molecule has 0 bridgehead atoms. The maximum atomic E-state index is 13.3. The van der Waals surface area contributed by atoms with Crippen LogP contribution in [0.15, 0.2) is 47.4 Å². The molecule has 0 unspecified atom stereocenters. The Hall–Kier alpha value is -2.89. The van der Waals surface area contributed by atoms with Crippen LogP contribution in [0.3, 0.4) is 0 Å². The van der Waals surface area contributed by atoms with Crippen molar-refractivity contribution in [3.63, 3.8) is 0 Å². The molecule has 1 atom stereocenters. The van der Waals surface area contributed by atoms with Crippen LogP contribution in [0.1, 0.15) is 32.6 Å². The van der Waals surface area contributed by atoms with E-state index < -0.39 is 16.1 Å². The van der Waals surface area contributed by atoms with Crippen molar-refractivity contribution in [3.05, 3.63) is 42.5 Å². The number of nitrogens with two attached hydrogens (primary N) is 1. The Bertz CT molecular complexity index is 1170. The molecular formula is C24H34ClN5O5S. The first-order chi connectivity index (χ1) is 16.7. The van der Waals surface area contributed by atoms with Crippen LogP contribution >= 0.6 is 12.4 Å². The second-order valence-corrected chi connectivity index (χ2v) is 10.2. The smallest absolute Gasteiger partial charge is 0.309 e. The number of amides is 1. The number of esters is 1. The zero-order valence-electron chi connectivity index (χ0n) is 20.2. The second-order valence-electron chi connectivity index (χ2n) is 8.52. The van der Waals surface area contributed by atoms with Crippen molar-refractivity contribution in [1.82, 2.24) is 14.9 Å². The molecule has 1 aliphatic heterocycles. The van der Waals surface area contributed by atoms with Gasteiger partial charge in [-0.05, 0) is 55.5 Å². The van der Waals surface area contributed by atoms with E-state index >= 15 is 0 Å². The molecule has 12 heteroatoms. The molecule has 198 valence electrons. The number of sulfonamides is 1. The largest absolute Gasteiger partial charge is 0.466 e. The zero-order chi connectivity index (χ0) is 25.4. The lowest BCUT2D eigenvalue weighted by Crippen LogP contribution is -2.51. The molecule has 1 aliphatic rings. The summed E-state index contributed by atoms with van der Waals surface area (Å²) in [6.07, 6.45) is 1.60. The number of hydrogen-bond donors (Lipinski definition) is 4. The van der Waals surface area contributed by atoms with Gasteiger partial charge in [0.25, 0.3) is 0 Å². The number of hydrogen-bond acceptors (Lipinski definition) is 6. The molecule has 1 amide bonds. The summed E-state index contributed by atoms with van der Waals surface area (Å²) in [7, 11) is -3.98. The molecule has 1 heterocycles. The van der Waals surface area contributed by atoms with Gasteiger partial charge >= 0.3 is 5.97 Å². The number of likely N-dealkylation sites (tertiary alicyclic amines) is 1. The number of carbonyl (C=O) groups excluding carboxylic acids is 2. The van der Waals surface area contributed by atoms with E-state index in [0.29, 0.717) is 45.5 Å². The van der Waals surface area contributed by atoms with Crippen LogP contribution in [0.4, 0.5) is 0 Å². The molecule has 1 fully saturated rings. The molecule has 2 aromatic rings. The topological polar surface area (TPSA) is 155 Å². The number of guanidine groups is 1. The number of nitrogens with zero attached hydrogens (tertiary/aromatic N) is 1. The van der Waals surface area contributed by atoms with E-state index in [2.05, 4.69) is 10.0 Å². The van der Waals surface area contributed by atoms with Crippen molar-refractivity contribution in [1.29, 1.82) is 5.41 Å². The summed E-state index contributed by atoms with van der Waals surface area (Å²) in [5, 5.41) is 11.6. The summed E-state index contributed by atoms with van der Waals surface area (Å²) in [4.78, 5) is 27.0. The predicted octanol–water partition coefficient (Wildman–Crippen LogP) is 1.97. The van der Waals surface area contributed by atoms with Gasteiger partial charge in [0.05, 0.1) is 17.4 Å². The van der Waals surface area contributed by atoms with Gasteiger partial charge in [0.2, 0.25) is 15.9 Å². The van der Waals surface area contributed by atoms with Gasteiger partial charge < -0.3 is 20.7 Å². The molecule has 2 aromatic carbocycles. The van der Waals surface area contributed by atoms with Crippen LogP contribution < -0.4 is 15.8 Å². The van der Waals surface area contributed by atoms with Crippen molar-refractivity contribution >= 4 is 51.0 Å². The maximum absolute atomic E-state index is 13.3. The fourth-order valence-electron chi connectivity index (χ4n) is 4.17. The lowest BCUT2D eigenvalue weighted by atomic mass is 9.96. The Morgan fingerprint density at radius 3 is 2.47 bits per heavy atom. The molecular weight excluding hydrogens is 506 g/mol. The molecule has 1 saturated heterocycles. The van der Waals surface area contributed by atoms with Gasteiger partial charge in [0.1, 0.15) is 6.04 Å². The summed E-state index contributed by atoms with van der Waals surface area (Å²) in [5.74, 6) is -1.04. The van der Waals surface area contributed by atoms with Crippen LogP contribution in [-0.4, -0.2) is 63.4 Å². The van der Waals surface area contributed by atoms with Crippen molar-refractivity contribution in [2.45, 2.75) is 43.5 Å². The minimum absolute atomic E-state index is 0. The maximum Gasteiger partial charge on any atom is 0.309 e. The van der Waals surface area contributed by atoms with Crippen LogP contribution in [-0.2, 0) is 24.3 Å². The number of halogens is 1. The standard InChI is InChI=1S/C24H33N5O5S.ClH/c1-2-34-23(31)18-11-14-29(15-12-18)22(30)21(8-5-13-27-24(25)26)28-35(32,33)20-10-9-17-6-3-4-7-19(17)16-20;/h3-4,6-7,9-10,16,18,21,28H,2,5,8,11-15H2,1H3,(H4,25,26,27);1H/t21-;/m0./s1. The Morgan fingerprint density at radius 2 is 1.83 bits per heavy atom. The van der Waals surface area contributed by atoms with Gasteiger partial charge in [0.15, 0.2) is 5.96 Å². The summed E-state index contributed by atoms with van der Waals surface area (Å²) < 4.78 is 34.1. The van der Waals surface area contributed by atoms with Crippen LogP contribution in [0.2, 0.25) is 0 Å². The fraction of sp³-hybridized carbons (Fsp3) is 0.458. The SMILES string of the molecule is CCOC(=O)C1CCN(C(=O)[C@H](CCCNC(=N)N)NS(=O)(=O)c2ccc3ccccc3c2)CC1.Cl. The minimum atomic E-state index is -3.98. The van der Waals surface area contributed by atoms with Crippen molar-refractivity contribution in [3.8, 4) is 0 Å². The zero-order valence-corrected chi connectivity index (χ0v) is 21.9. The number of nitrogens with one attached hydrogen (secondary N) is 3. The molecule has 10 nitrogen and oxygen atoms in total. The number of ether oxygens (including phenoxy) is 1. The first-order valence-electron chi connectivity index (χ1n) is 11.8. The Morgan fingerprint density at radius 1 is 1.17 bits per heavy atom. The van der Waals surface area contributed by atoms with Gasteiger partial charge in [0, 0.05) is 19.6 Å². The number of rotatable bonds is 10. The number of carbonyl (C=O) groups is 2. The highest BCUT2D eigenvalue weighted by atomic mass is 35.5. The normalized spacial score (nSPS) is 15.1. The van der Waals surface area contributed by atoms with E-state index in [1.165, 1.54) is 6.07 Å². The third-order valence-electron chi connectivity index (χ3n) is 6.04. The summed E-state index contributed by atoms with van der Waals surface area (Å²) in [6.45, 7) is 3.10. The fourth-order valence-corrected chi connectivity index (χ4v) is 5.43. The third-order valence-corrected chi connectivity index (χ3v) is 7.51. The molecule has 3 rings (SSSR count). The van der Waals surface area contributed by atoms with E-state index in [1.807, 2.05) is 24.3 Å². The highest BCUT2D eigenvalue weighted by Crippen LogP contribution is 2.22. The summed E-state index contributed by atoms with van der Waals surface area (Å²) in [6, 6.07) is 11.3. The average molecular weight is 540 g/mol. The monoisotopic (exact) mass is 539 g/mol. The predicted molar refractivity (Wildman–Crippen MR) is 140 cm³/mol. The van der Waals surface area contributed by atoms with Crippen molar-refractivity contribution < 1.29 is 22.7 Å². The molecule has 36 heavy (non-hydrogen) atoms. The van der Waals surface area contributed by atoms with Crippen LogP contribution in [0.25, 0.3) is 10.8 Å². The van der Waals surface area contributed by atoms with E-state index in [1.54, 1.807) is 24.0 Å². The first kappa shape index (κ1) is 29.3. The molecule has 0 saturated carbocycles. The molecule has 0 aliphatic carbocycles. The Kier molecular flexibility index (Phi) is 10.9. The Labute approximate surface area is 217 Å². The number of fused-ring (bicyclic) bond motifs is 1. The van der Waals surface area contributed by atoms with Gasteiger partial charge in [-0.1, -0.05) is 30.3 Å². The quantitative estimate of drug-likeness (QED) is 0.156. The first-order valence-corrected chi connectivity index (χ1v) is 13.2. The van der Waals surface area contributed by atoms with Crippen LogP contribution in [0.5, 0.6) is 0 Å². The lowest BCUT2D eigenvalue weighted by molar-refractivity contribution is -0.151.